The molecule has 0 atom stereocenters. The molecule has 0 fully saturated rings. The van der Waals surface area contributed by atoms with E-state index in [9.17, 15) is 4.79 Å². The molecule has 10 heteroatoms. The predicted molar refractivity (Wildman–Crippen MR) is 78.6 cm³/mol. The van der Waals surface area contributed by atoms with E-state index in [0.29, 0.717) is 17.5 Å². The average Bonchev–Trinajstić information content (AvgIpc) is 3.08. The van der Waals surface area contributed by atoms with E-state index < -0.39 is 6.09 Å². The molecule has 0 saturated carbocycles. The largest absolute Gasteiger partial charge is 0.420 e. The zero-order chi connectivity index (χ0) is 16.7. The molecule has 3 aromatic rings. The van der Waals surface area contributed by atoms with Gasteiger partial charge in [0.1, 0.15) is 5.75 Å². The first-order chi connectivity index (χ1) is 11.0. The number of aromatic nitrogens is 4. The molecule has 0 saturated heterocycles. The van der Waals surface area contributed by atoms with Crippen LogP contribution in [0.5, 0.6) is 5.75 Å². The summed E-state index contributed by atoms with van der Waals surface area (Å²) in [5.74, 6) is 1.31. The normalized spacial score (nSPS) is 9.65. The number of ether oxygens (including phenoxy) is 1. The standard InChI is InChI=1S/C10H9N3O3.C3H5N3O/c1-7-12-13-9(15-7)11-10(14)16-8-5-3-2-4-6-8;1-2-5-6-3(4)7-2/h2-6H,1H3,(H,11,13,14);1H3,(H2,4,6). The third-order valence-corrected chi connectivity index (χ3v) is 2.23. The minimum atomic E-state index is -0.671. The zero-order valence-electron chi connectivity index (χ0n) is 12.4. The minimum Gasteiger partial charge on any atom is -0.410 e. The van der Waals surface area contributed by atoms with E-state index in [1.54, 1.807) is 38.1 Å². The number of aryl methyl sites for hydroxylation is 2. The monoisotopic (exact) mass is 318 g/mol. The van der Waals surface area contributed by atoms with E-state index >= 15 is 0 Å². The molecule has 3 rings (SSSR count). The zero-order valence-corrected chi connectivity index (χ0v) is 12.4. The second-order valence-electron chi connectivity index (χ2n) is 4.11. The van der Waals surface area contributed by atoms with Gasteiger partial charge in [0.15, 0.2) is 0 Å². The SMILES string of the molecule is Cc1nnc(N)o1.Cc1nnc(NC(=O)Oc2ccccc2)o1. The number of nitrogens with zero attached hydrogens (tertiary/aromatic N) is 4. The van der Waals surface area contributed by atoms with E-state index in [4.69, 9.17) is 14.9 Å². The van der Waals surface area contributed by atoms with Crippen molar-refractivity contribution in [3.63, 3.8) is 0 Å². The van der Waals surface area contributed by atoms with Gasteiger partial charge >= 0.3 is 18.1 Å². The van der Waals surface area contributed by atoms with Gasteiger partial charge in [0.05, 0.1) is 0 Å². The van der Waals surface area contributed by atoms with Crippen molar-refractivity contribution >= 4 is 18.1 Å². The highest BCUT2D eigenvalue weighted by Crippen LogP contribution is 2.10. The number of hydrogen-bond donors (Lipinski definition) is 2. The number of carbonyl (C=O) groups is 1. The van der Waals surface area contributed by atoms with Crippen LogP contribution in [0.4, 0.5) is 16.8 Å². The molecule has 0 aliphatic carbocycles. The molecule has 0 bridgehead atoms. The van der Waals surface area contributed by atoms with Gasteiger partial charge in [0, 0.05) is 13.8 Å². The van der Waals surface area contributed by atoms with Crippen molar-refractivity contribution in [3.05, 3.63) is 42.1 Å². The number of anilines is 2. The fourth-order valence-electron chi connectivity index (χ4n) is 1.37. The Labute approximate surface area is 130 Å². The lowest BCUT2D eigenvalue weighted by Crippen LogP contribution is -2.16. The van der Waals surface area contributed by atoms with Gasteiger partial charge in [-0.15, -0.1) is 10.2 Å². The molecule has 0 aliphatic heterocycles. The summed E-state index contributed by atoms with van der Waals surface area (Å²) in [7, 11) is 0. The van der Waals surface area contributed by atoms with Crippen molar-refractivity contribution in [3.8, 4) is 5.75 Å². The highest BCUT2D eigenvalue weighted by Gasteiger charge is 2.09. The summed E-state index contributed by atoms with van der Waals surface area (Å²) in [6.45, 7) is 3.31. The molecule has 0 radical (unpaired) electrons. The smallest absolute Gasteiger partial charge is 0.410 e. The molecule has 0 unspecified atom stereocenters. The second kappa shape index (κ2) is 7.54. The maximum atomic E-state index is 11.3. The average molecular weight is 318 g/mol. The molecule has 2 aromatic heterocycles. The van der Waals surface area contributed by atoms with Gasteiger partial charge in [-0.1, -0.05) is 28.4 Å². The lowest BCUT2D eigenvalue weighted by Gasteiger charge is -2.02. The molecular formula is C13H14N6O4. The second-order valence-corrected chi connectivity index (χ2v) is 4.11. The fraction of sp³-hybridized carbons (Fsp3) is 0.154. The van der Waals surface area contributed by atoms with E-state index in [-0.39, 0.29) is 12.0 Å². The number of nitrogens with two attached hydrogens (primary N) is 1. The van der Waals surface area contributed by atoms with Gasteiger partial charge in [0.25, 0.3) is 0 Å². The Bertz CT molecular complexity index is 738. The van der Waals surface area contributed by atoms with Crippen LogP contribution in [0.1, 0.15) is 11.8 Å². The highest BCUT2D eigenvalue weighted by atomic mass is 16.6. The summed E-state index contributed by atoms with van der Waals surface area (Å²) in [4.78, 5) is 11.3. The Kier molecular flexibility index (Phi) is 5.23. The number of benzene rings is 1. The van der Waals surface area contributed by atoms with E-state index in [0.717, 1.165) is 0 Å². The first kappa shape index (κ1) is 15.9. The van der Waals surface area contributed by atoms with Crippen LogP contribution in [0.25, 0.3) is 0 Å². The minimum absolute atomic E-state index is 0.0124. The summed E-state index contributed by atoms with van der Waals surface area (Å²) < 4.78 is 14.5. The molecule has 23 heavy (non-hydrogen) atoms. The van der Waals surface area contributed by atoms with Gasteiger partial charge in [-0.3, -0.25) is 0 Å². The van der Waals surface area contributed by atoms with Crippen molar-refractivity contribution in [2.45, 2.75) is 13.8 Å². The summed E-state index contributed by atoms with van der Waals surface area (Å²) in [5, 5.41) is 16.3. The quantitative estimate of drug-likeness (QED) is 0.724. The molecule has 0 spiro atoms. The van der Waals surface area contributed by atoms with Crippen LogP contribution in [0.15, 0.2) is 39.2 Å². The molecular weight excluding hydrogens is 304 g/mol. The molecule has 2 heterocycles. The maximum absolute atomic E-state index is 11.3. The van der Waals surface area contributed by atoms with Crippen LogP contribution in [-0.2, 0) is 0 Å². The Balaban J connectivity index is 0.000000229. The molecule has 120 valence electrons. The molecule has 3 N–H and O–H groups in total. The summed E-state index contributed by atoms with van der Waals surface area (Å²) >= 11 is 0. The third kappa shape index (κ3) is 5.46. The topological polar surface area (TPSA) is 142 Å². The first-order valence-electron chi connectivity index (χ1n) is 6.42. The van der Waals surface area contributed by atoms with Gasteiger partial charge in [0.2, 0.25) is 11.8 Å². The number of nitrogen functional groups attached to an aromatic ring is 1. The highest BCUT2D eigenvalue weighted by molar-refractivity contribution is 5.83. The van der Waals surface area contributed by atoms with Crippen molar-refractivity contribution in [1.82, 2.24) is 20.4 Å². The summed E-state index contributed by atoms with van der Waals surface area (Å²) in [6, 6.07) is 8.82. The summed E-state index contributed by atoms with van der Waals surface area (Å²) in [6.07, 6.45) is -0.671. The van der Waals surface area contributed by atoms with Crippen molar-refractivity contribution < 1.29 is 18.4 Å². The van der Waals surface area contributed by atoms with Crippen LogP contribution < -0.4 is 15.8 Å². The van der Waals surface area contributed by atoms with Crippen molar-refractivity contribution in [2.75, 3.05) is 11.1 Å². The third-order valence-electron chi connectivity index (χ3n) is 2.23. The maximum Gasteiger partial charge on any atom is 0.420 e. The fourth-order valence-corrected chi connectivity index (χ4v) is 1.37. The Hall–Kier alpha value is -3.43. The predicted octanol–water partition coefficient (Wildman–Crippen LogP) is 1.95. The van der Waals surface area contributed by atoms with Crippen LogP contribution in [0, 0.1) is 13.8 Å². The molecule has 1 amide bonds. The van der Waals surface area contributed by atoms with E-state index in [2.05, 4.69) is 30.1 Å². The van der Waals surface area contributed by atoms with Crippen molar-refractivity contribution in [2.24, 2.45) is 0 Å². The lowest BCUT2D eigenvalue weighted by molar-refractivity contribution is 0.214. The number of amides is 1. The van der Waals surface area contributed by atoms with Crippen LogP contribution in [0.3, 0.4) is 0 Å². The van der Waals surface area contributed by atoms with E-state index in [1.165, 1.54) is 0 Å². The Morgan fingerprint density at radius 2 is 1.70 bits per heavy atom. The number of rotatable bonds is 2. The first-order valence-corrected chi connectivity index (χ1v) is 6.42. The van der Waals surface area contributed by atoms with Gasteiger partial charge in [-0.2, -0.15) is 0 Å². The van der Waals surface area contributed by atoms with E-state index in [1.807, 2.05) is 6.07 Å². The number of hydrogen-bond acceptors (Lipinski definition) is 9. The Morgan fingerprint density at radius 1 is 1.04 bits per heavy atom. The van der Waals surface area contributed by atoms with Crippen LogP contribution >= 0.6 is 0 Å². The van der Waals surface area contributed by atoms with Gasteiger partial charge in [-0.05, 0) is 12.1 Å². The molecule has 0 aliphatic rings. The lowest BCUT2D eigenvalue weighted by atomic mass is 10.3. The summed E-state index contributed by atoms with van der Waals surface area (Å²) in [5.41, 5.74) is 5.04. The van der Waals surface area contributed by atoms with Gasteiger partial charge in [-0.25, -0.2) is 10.1 Å². The number of carbonyl (C=O) groups excluding carboxylic acids is 1. The molecule has 1 aromatic carbocycles. The molecule has 10 nitrogen and oxygen atoms in total. The van der Waals surface area contributed by atoms with Crippen LogP contribution in [0.2, 0.25) is 0 Å². The van der Waals surface area contributed by atoms with Crippen LogP contribution in [-0.4, -0.2) is 26.5 Å². The Morgan fingerprint density at radius 3 is 2.17 bits per heavy atom. The van der Waals surface area contributed by atoms with Gasteiger partial charge < -0.3 is 19.3 Å². The van der Waals surface area contributed by atoms with Crippen molar-refractivity contribution in [1.29, 1.82) is 0 Å². The number of nitrogens with one attached hydrogen (secondary N) is 1. The number of para-hydroxylation sites is 1.